The molecule has 0 saturated carbocycles. The predicted octanol–water partition coefficient (Wildman–Crippen LogP) is 4.09. The average Bonchev–Trinajstić information content (AvgIpc) is 3.16. The number of likely N-dealkylation sites (N-methyl/N-ethyl adjacent to an activating group) is 1. The van der Waals surface area contributed by atoms with Crippen molar-refractivity contribution in [3.05, 3.63) is 106 Å². The Morgan fingerprint density at radius 3 is 2.11 bits per heavy atom. The molecule has 0 aromatic heterocycles. The van der Waals surface area contributed by atoms with Gasteiger partial charge < -0.3 is 24.4 Å². The summed E-state index contributed by atoms with van der Waals surface area (Å²) in [6, 6.07) is 25.9. The van der Waals surface area contributed by atoms with Gasteiger partial charge in [0.2, 0.25) is 0 Å². The van der Waals surface area contributed by atoms with E-state index in [4.69, 9.17) is 9.47 Å². The number of amidine groups is 1. The van der Waals surface area contributed by atoms with E-state index in [1.165, 1.54) is 29.3 Å². The fraction of sp³-hybridized carbons (Fsp3) is 0.345. The third-order valence-electron chi connectivity index (χ3n) is 6.44. The maximum absolute atomic E-state index is 12.5. The van der Waals surface area contributed by atoms with Crippen LogP contribution in [-0.4, -0.2) is 53.6 Å². The van der Waals surface area contributed by atoms with Gasteiger partial charge in [0.1, 0.15) is 31.8 Å². The van der Waals surface area contributed by atoms with Crippen molar-refractivity contribution >= 4 is 17.4 Å². The van der Waals surface area contributed by atoms with Crippen molar-refractivity contribution in [2.24, 2.45) is 4.99 Å². The number of ether oxygens (including phenoxy) is 2. The molecule has 3 aromatic carbocycles. The van der Waals surface area contributed by atoms with Crippen molar-refractivity contribution in [2.45, 2.75) is 44.9 Å². The number of nitro benzene ring substituents is 1. The normalized spacial score (nSPS) is 19.3. The van der Waals surface area contributed by atoms with Crippen LogP contribution in [0, 0.1) is 10.1 Å². The lowest BCUT2D eigenvalue weighted by Gasteiger charge is -2.37. The molecule has 1 aliphatic rings. The number of aliphatic imine (C=N–C) groups is 1. The fourth-order valence-corrected chi connectivity index (χ4v) is 4.92. The second-order valence-corrected chi connectivity index (χ2v) is 10.4. The summed E-state index contributed by atoms with van der Waals surface area (Å²) < 4.78 is 13.2. The Labute approximate surface area is 223 Å². The van der Waals surface area contributed by atoms with Crippen molar-refractivity contribution in [1.29, 1.82) is 0 Å². The van der Waals surface area contributed by atoms with Crippen LogP contribution in [0.1, 0.15) is 25.0 Å². The van der Waals surface area contributed by atoms with Crippen molar-refractivity contribution < 1.29 is 24.0 Å². The number of anilines is 1. The summed E-state index contributed by atoms with van der Waals surface area (Å²) in [5.74, 6) is -0.814. The lowest BCUT2D eigenvalue weighted by molar-refractivity contribution is -0.938. The van der Waals surface area contributed by atoms with E-state index in [0.29, 0.717) is 16.7 Å². The van der Waals surface area contributed by atoms with E-state index >= 15 is 0 Å². The van der Waals surface area contributed by atoms with Crippen LogP contribution in [0.25, 0.3) is 0 Å². The molecule has 0 unspecified atom stereocenters. The fourth-order valence-electron chi connectivity index (χ4n) is 4.92. The van der Waals surface area contributed by atoms with Gasteiger partial charge in [0.25, 0.3) is 5.69 Å². The second-order valence-electron chi connectivity index (χ2n) is 10.4. The molecule has 1 heterocycles. The van der Waals surface area contributed by atoms with Crippen LogP contribution in [0.2, 0.25) is 0 Å². The van der Waals surface area contributed by atoms with Crippen molar-refractivity contribution in [3.63, 3.8) is 0 Å². The van der Waals surface area contributed by atoms with E-state index in [-0.39, 0.29) is 18.3 Å². The number of hydrogen-bond donors (Lipinski definition) is 1. The predicted molar refractivity (Wildman–Crippen MR) is 144 cm³/mol. The lowest BCUT2D eigenvalue weighted by Crippen LogP contribution is -2.50. The molecular weight excluding hydrogens is 484 g/mol. The smallest absolute Gasteiger partial charge is 0.271 e. The third-order valence-corrected chi connectivity index (χ3v) is 6.44. The summed E-state index contributed by atoms with van der Waals surface area (Å²) in [6.07, 6.45) is -0.721. The van der Waals surface area contributed by atoms with Gasteiger partial charge in [-0.05, 0) is 19.9 Å². The molecule has 3 aromatic rings. The van der Waals surface area contributed by atoms with Gasteiger partial charge >= 0.3 is 0 Å². The van der Waals surface area contributed by atoms with Gasteiger partial charge in [0, 0.05) is 28.9 Å². The maximum Gasteiger partial charge on any atom is 0.271 e. The van der Waals surface area contributed by atoms with Crippen LogP contribution >= 0.6 is 0 Å². The highest BCUT2D eigenvalue weighted by atomic mass is 16.8. The summed E-state index contributed by atoms with van der Waals surface area (Å²) in [7, 11) is 2.21. The zero-order valence-corrected chi connectivity index (χ0v) is 21.9. The average molecular weight is 519 g/mol. The Morgan fingerprint density at radius 1 is 0.947 bits per heavy atom. The van der Waals surface area contributed by atoms with E-state index in [2.05, 4.69) is 41.6 Å². The molecule has 1 aliphatic heterocycles. The zero-order valence-electron chi connectivity index (χ0n) is 21.9. The Balaban J connectivity index is 1.50. The molecule has 0 radical (unpaired) electrons. The molecule has 1 N–H and O–H groups in total. The molecule has 38 heavy (non-hydrogen) atoms. The quantitative estimate of drug-likeness (QED) is 0.142. The van der Waals surface area contributed by atoms with E-state index in [1.54, 1.807) is 6.07 Å². The molecule has 0 amide bonds. The number of nitro groups is 1. The Kier molecular flexibility index (Phi) is 8.41. The standard InChI is InChI=1S/C29H34N4O5/c1-29(2)37-26(18-30-28(34)31-24-15-10-16-25(17-24)32(35)36)27(38-29)21-33(3,19-22-11-6-4-7-12-22)20-23-13-8-5-9-14-23/h4-17,26-27H,18-21H2,1-3H3,(H-,30,31,34)/t26-,27-/m0/s1. The van der Waals surface area contributed by atoms with E-state index in [0.717, 1.165) is 13.1 Å². The molecule has 0 bridgehead atoms. The number of hydrogen-bond acceptors (Lipinski definition) is 6. The minimum Gasteiger partial charge on any atom is -0.846 e. The Bertz CT molecular complexity index is 1210. The highest BCUT2D eigenvalue weighted by Crippen LogP contribution is 2.31. The van der Waals surface area contributed by atoms with Crippen LogP contribution in [0.3, 0.4) is 0 Å². The van der Waals surface area contributed by atoms with E-state index in [1.807, 2.05) is 50.2 Å². The second kappa shape index (κ2) is 11.7. The van der Waals surface area contributed by atoms with Gasteiger partial charge in [-0.1, -0.05) is 66.7 Å². The number of nitrogens with one attached hydrogen (secondary N) is 1. The van der Waals surface area contributed by atoms with Gasteiger partial charge in [-0.3, -0.25) is 15.1 Å². The highest BCUT2D eigenvalue weighted by Gasteiger charge is 2.45. The van der Waals surface area contributed by atoms with Gasteiger partial charge in [0.05, 0.1) is 24.5 Å². The van der Waals surface area contributed by atoms with Crippen LogP contribution in [0.5, 0.6) is 0 Å². The minimum atomic E-state index is -0.814. The number of quaternary nitrogens is 1. The summed E-state index contributed by atoms with van der Waals surface area (Å²) in [4.78, 5) is 14.7. The summed E-state index contributed by atoms with van der Waals surface area (Å²) >= 11 is 0. The molecular formula is C29H34N4O5. The van der Waals surface area contributed by atoms with Gasteiger partial charge in [-0.15, -0.1) is 0 Å². The lowest BCUT2D eigenvalue weighted by atomic mass is 10.1. The molecule has 9 nitrogen and oxygen atoms in total. The van der Waals surface area contributed by atoms with Crippen LogP contribution < -0.4 is 10.4 Å². The first-order chi connectivity index (χ1) is 18.1. The number of rotatable bonds is 10. The first-order valence-electron chi connectivity index (χ1n) is 12.6. The molecule has 0 aliphatic carbocycles. The molecule has 0 spiro atoms. The van der Waals surface area contributed by atoms with E-state index < -0.39 is 22.8 Å². The van der Waals surface area contributed by atoms with Crippen LogP contribution in [0.4, 0.5) is 11.4 Å². The van der Waals surface area contributed by atoms with Crippen LogP contribution in [0.15, 0.2) is 89.9 Å². The zero-order chi connectivity index (χ0) is 27.2. The van der Waals surface area contributed by atoms with Crippen molar-refractivity contribution in [2.75, 3.05) is 25.5 Å². The minimum absolute atomic E-state index is 0.103. The van der Waals surface area contributed by atoms with E-state index in [9.17, 15) is 15.2 Å². The molecule has 2 atom stereocenters. The highest BCUT2D eigenvalue weighted by molar-refractivity contribution is 5.86. The Hall–Kier alpha value is -3.79. The topological polar surface area (TPSA) is 109 Å². The number of benzene rings is 3. The van der Waals surface area contributed by atoms with Gasteiger partial charge in [-0.2, -0.15) is 0 Å². The molecule has 1 saturated heterocycles. The number of nitrogens with zero attached hydrogens (tertiary/aromatic N) is 3. The van der Waals surface area contributed by atoms with Crippen molar-refractivity contribution in [1.82, 2.24) is 0 Å². The summed E-state index contributed by atoms with van der Waals surface area (Å²) in [6.45, 7) is 6.08. The van der Waals surface area contributed by atoms with Gasteiger partial charge in [0.15, 0.2) is 5.79 Å². The first kappa shape index (κ1) is 27.3. The van der Waals surface area contributed by atoms with Crippen LogP contribution in [-0.2, 0) is 22.6 Å². The number of non-ortho nitro benzene ring substituents is 1. The SMILES string of the molecule is CC1(C)O[C@@H](CN=C([O-])Nc2cccc([N+](=O)[O-])c2)[C@H](C[N+](C)(Cc2ccccc2)Cc2ccccc2)O1. The molecule has 4 rings (SSSR count). The molecule has 1 fully saturated rings. The maximum atomic E-state index is 12.5. The monoisotopic (exact) mass is 518 g/mol. The Morgan fingerprint density at radius 2 is 1.53 bits per heavy atom. The third kappa shape index (κ3) is 7.61. The summed E-state index contributed by atoms with van der Waals surface area (Å²) in [5, 5.41) is 26.2. The summed E-state index contributed by atoms with van der Waals surface area (Å²) in [5.41, 5.74) is 2.65. The molecule has 200 valence electrons. The molecule has 9 heteroatoms. The first-order valence-corrected chi connectivity index (χ1v) is 12.6. The van der Waals surface area contributed by atoms with Crippen molar-refractivity contribution in [3.8, 4) is 0 Å². The van der Waals surface area contributed by atoms with Gasteiger partial charge in [-0.25, -0.2) is 0 Å². The largest absolute Gasteiger partial charge is 0.846 e.